The summed E-state index contributed by atoms with van der Waals surface area (Å²) in [6.07, 6.45) is 1.30. The smallest absolute Gasteiger partial charge is 0.316 e. The fourth-order valence-electron chi connectivity index (χ4n) is 5.44. The van der Waals surface area contributed by atoms with E-state index in [0.29, 0.717) is 29.8 Å². The number of para-hydroxylation sites is 1. The van der Waals surface area contributed by atoms with Gasteiger partial charge < -0.3 is 9.64 Å². The Morgan fingerprint density at radius 3 is 2.14 bits per heavy atom. The zero-order valence-corrected chi connectivity index (χ0v) is 23.1. The Morgan fingerprint density at radius 1 is 0.889 bits per heavy atom. The third kappa shape index (κ3) is 4.41. The van der Waals surface area contributed by atoms with E-state index in [1.165, 1.54) is 4.90 Å². The van der Waals surface area contributed by atoms with Gasteiger partial charge in [0.2, 0.25) is 17.7 Å². The lowest BCUT2D eigenvalue weighted by molar-refractivity contribution is -0.139. The summed E-state index contributed by atoms with van der Waals surface area (Å²) in [4.78, 5) is 55.0. The maximum Gasteiger partial charge on any atom is 0.316 e. The predicted molar refractivity (Wildman–Crippen MR) is 143 cm³/mol. The molecule has 0 unspecified atom stereocenters. The molecule has 188 valence electrons. The molecule has 0 spiro atoms. The van der Waals surface area contributed by atoms with Crippen LogP contribution >= 0.6 is 31.9 Å². The van der Waals surface area contributed by atoms with Crippen molar-refractivity contribution in [2.75, 3.05) is 16.3 Å². The number of carbonyl (C=O) groups is 4. The van der Waals surface area contributed by atoms with Crippen molar-refractivity contribution in [2.45, 2.75) is 42.8 Å². The molecule has 5 rings (SSSR count). The van der Waals surface area contributed by atoms with E-state index in [4.69, 9.17) is 4.74 Å². The number of alkyl halides is 2. The first kappa shape index (κ1) is 25.1. The number of hydrogen-bond donors (Lipinski definition) is 0. The van der Waals surface area contributed by atoms with Gasteiger partial charge in [0.15, 0.2) is 0 Å². The topological polar surface area (TPSA) is 84.0 Å². The lowest BCUT2D eigenvalue weighted by atomic mass is 9.81. The van der Waals surface area contributed by atoms with Gasteiger partial charge in [-0.3, -0.25) is 19.2 Å². The fourth-order valence-corrected chi connectivity index (χ4v) is 6.68. The quantitative estimate of drug-likeness (QED) is 0.215. The molecule has 2 aromatic rings. The number of imide groups is 1. The van der Waals surface area contributed by atoms with Crippen LogP contribution in [0.2, 0.25) is 0 Å². The number of amides is 3. The number of halogens is 2. The van der Waals surface area contributed by atoms with Gasteiger partial charge in [0, 0.05) is 28.3 Å². The highest BCUT2D eigenvalue weighted by Gasteiger charge is 2.52. The number of rotatable bonds is 4. The molecule has 2 heterocycles. The molecule has 36 heavy (non-hydrogen) atoms. The fraction of sp³-hybridized carbons (Fsp3) is 0.407. The molecule has 2 saturated heterocycles. The Kier molecular flexibility index (Phi) is 6.80. The second-order valence-electron chi connectivity index (χ2n) is 9.79. The minimum absolute atomic E-state index is 0.0902. The Labute approximate surface area is 226 Å². The summed E-state index contributed by atoms with van der Waals surface area (Å²) in [5.74, 6) is -1.85. The molecular formula is C27H26Br2N2O5. The molecule has 3 aliphatic rings. The van der Waals surface area contributed by atoms with Gasteiger partial charge in [-0.15, -0.1) is 0 Å². The van der Waals surface area contributed by atoms with Crippen LogP contribution < -0.4 is 14.5 Å². The van der Waals surface area contributed by atoms with Crippen molar-refractivity contribution in [3.8, 4) is 5.75 Å². The zero-order chi connectivity index (χ0) is 25.7. The SMILES string of the molecule is Cc1ccccc1N1C[C@H](C(=O)Oc2ccc(N3C(=O)[C@@H]4C[C@H](Br)[C@@H](Br)C[C@H]4C3=O)c(C)c2)CC1=O. The van der Waals surface area contributed by atoms with Crippen LogP contribution in [0, 0.1) is 31.6 Å². The molecule has 3 amide bonds. The Hall–Kier alpha value is -2.52. The summed E-state index contributed by atoms with van der Waals surface area (Å²) in [6.45, 7) is 3.98. The average molecular weight is 618 g/mol. The Morgan fingerprint density at radius 2 is 1.53 bits per heavy atom. The summed E-state index contributed by atoms with van der Waals surface area (Å²) >= 11 is 7.22. The summed E-state index contributed by atoms with van der Waals surface area (Å²) in [5.41, 5.74) is 2.94. The third-order valence-corrected chi connectivity index (χ3v) is 10.1. The van der Waals surface area contributed by atoms with Crippen LogP contribution in [0.3, 0.4) is 0 Å². The van der Waals surface area contributed by atoms with Crippen LogP contribution in [0.15, 0.2) is 42.5 Å². The van der Waals surface area contributed by atoms with Gasteiger partial charge in [0.05, 0.1) is 23.4 Å². The number of ether oxygens (including phenoxy) is 1. The van der Waals surface area contributed by atoms with Gasteiger partial charge in [-0.2, -0.15) is 0 Å². The van der Waals surface area contributed by atoms with E-state index < -0.39 is 11.9 Å². The Balaban J connectivity index is 1.29. The van der Waals surface area contributed by atoms with Gasteiger partial charge in [-0.1, -0.05) is 50.1 Å². The number of benzene rings is 2. The van der Waals surface area contributed by atoms with Crippen LogP contribution in [-0.2, 0) is 19.2 Å². The van der Waals surface area contributed by atoms with Crippen molar-refractivity contribution in [3.05, 3.63) is 53.6 Å². The number of esters is 1. The maximum absolute atomic E-state index is 13.1. The minimum atomic E-state index is -0.573. The maximum atomic E-state index is 13.1. The Bertz CT molecular complexity index is 1240. The molecule has 0 N–H and O–H groups in total. The third-order valence-electron chi connectivity index (χ3n) is 7.40. The van der Waals surface area contributed by atoms with Gasteiger partial charge in [-0.05, 0) is 62.1 Å². The number of fused-ring (bicyclic) bond motifs is 1. The molecule has 1 aliphatic carbocycles. The summed E-state index contributed by atoms with van der Waals surface area (Å²) in [6, 6.07) is 12.5. The molecule has 0 bridgehead atoms. The monoisotopic (exact) mass is 616 g/mol. The number of aryl methyl sites for hydroxylation is 2. The summed E-state index contributed by atoms with van der Waals surface area (Å²) in [5, 5.41) is 0. The van der Waals surface area contributed by atoms with E-state index in [1.807, 2.05) is 31.2 Å². The molecule has 2 aliphatic heterocycles. The lowest BCUT2D eigenvalue weighted by Gasteiger charge is -2.29. The van der Waals surface area contributed by atoms with Crippen LogP contribution in [-0.4, -0.2) is 39.9 Å². The number of anilines is 2. The second-order valence-corrected chi connectivity index (χ2v) is 12.1. The number of carbonyl (C=O) groups excluding carboxylic acids is 4. The molecule has 9 heteroatoms. The largest absolute Gasteiger partial charge is 0.426 e. The first-order valence-corrected chi connectivity index (χ1v) is 13.8. The van der Waals surface area contributed by atoms with Crippen molar-refractivity contribution in [1.82, 2.24) is 0 Å². The first-order chi connectivity index (χ1) is 17.2. The highest BCUT2D eigenvalue weighted by Crippen LogP contribution is 2.45. The molecule has 2 aromatic carbocycles. The number of hydrogen-bond acceptors (Lipinski definition) is 5. The highest BCUT2D eigenvalue weighted by molar-refractivity contribution is 9.12. The lowest BCUT2D eigenvalue weighted by Crippen LogP contribution is -2.34. The van der Waals surface area contributed by atoms with Crippen molar-refractivity contribution in [2.24, 2.45) is 17.8 Å². The van der Waals surface area contributed by atoms with Gasteiger partial charge >= 0.3 is 5.97 Å². The first-order valence-electron chi connectivity index (χ1n) is 12.0. The normalized spacial score (nSPS) is 28.0. The van der Waals surface area contributed by atoms with Gasteiger partial charge in [0.25, 0.3) is 0 Å². The zero-order valence-electron chi connectivity index (χ0n) is 19.9. The molecule has 0 aromatic heterocycles. The van der Waals surface area contributed by atoms with Crippen LogP contribution in [0.25, 0.3) is 0 Å². The van der Waals surface area contributed by atoms with Crippen molar-refractivity contribution in [3.63, 3.8) is 0 Å². The van der Waals surface area contributed by atoms with E-state index in [-0.39, 0.29) is 52.2 Å². The van der Waals surface area contributed by atoms with Crippen LogP contribution in [0.1, 0.15) is 30.4 Å². The minimum Gasteiger partial charge on any atom is -0.426 e. The molecule has 5 atom stereocenters. The van der Waals surface area contributed by atoms with Crippen LogP contribution in [0.4, 0.5) is 11.4 Å². The van der Waals surface area contributed by atoms with Crippen molar-refractivity contribution < 1.29 is 23.9 Å². The molecule has 1 saturated carbocycles. The summed E-state index contributed by atoms with van der Waals surface area (Å²) < 4.78 is 5.62. The van der Waals surface area contributed by atoms with Crippen molar-refractivity contribution >= 4 is 66.9 Å². The number of nitrogens with zero attached hydrogens (tertiary/aromatic N) is 2. The van der Waals surface area contributed by atoms with E-state index >= 15 is 0 Å². The highest BCUT2D eigenvalue weighted by atomic mass is 79.9. The van der Waals surface area contributed by atoms with Crippen molar-refractivity contribution in [1.29, 1.82) is 0 Å². The van der Waals surface area contributed by atoms with Gasteiger partial charge in [0.1, 0.15) is 5.75 Å². The average Bonchev–Trinajstić information content (AvgIpc) is 3.33. The summed E-state index contributed by atoms with van der Waals surface area (Å²) in [7, 11) is 0. The van der Waals surface area contributed by atoms with Gasteiger partial charge in [-0.25, -0.2) is 4.90 Å². The molecule has 7 nitrogen and oxygen atoms in total. The van der Waals surface area contributed by atoms with E-state index in [0.717, 1.165) is 11.3 Å². The molecular weight excluding hydrogens is 592 g/mol. The molecule has 3 fully saturated rings. The van der Waals surface area contributed by atoms with E-state index in [1.54, 1.807) is 30.0 Å². The van der Waals surface area contributed by atoms with Crippen LogP contribution in [0.5, 0.6) is 5.75 Å². The van der Waals surface area contributed by atoms with E-state index in [2.05, 4.69) is 31.9 Å². The predicted octanol–water partition coefficient (Wildman–Crippen LogP) is 4.69. The molecule has 0 radical (unpaired) electrons. The second kappa shape index (κ2) is 9.74. The van der Waals surface area contributed by atoms with E-state index in [9.17, 15) is 19.2 Å². The standard InChI is InChI=1S/C27H26Br2N2O5/c1-14-5-3-4-6-22(14)30-13-16(10-24(30)32)27(35)36-17-7-8-23(15(2)9-17)31-25(33)18-11-20(28)21(29)12-19(18)26(31)34/h3-9,16,18-21H,10-13H2,1-2H3/t16-,18-,19-,20+,21+/m1/s1.